The number of rotatable bonds is 9. The summed E-state index contributed by atoms with van der Waals surface area (Å²) in [4.78, 5) is 15.3. The summed E-state index contributed by atoms with van der Waals surface area (Å²) in [5, 5.41) is 23.0. The molecule has 0 atom stereocenters. The Morgan fingerprint density at radius 3 is 2.39 bits per heavy atom. The first kappa shape index (κ1) is 17.7. The van der Waals surface area contributed by atoms with Crippen LogP contribution in [0.25, 0.3) is 0 Å². The quantitative estimate of drug-likeness (QED) is 0.406. The van der Waals surface area contributed by atoms with Gasteiger partial charge in [-0.15, -0.1) is 0 Å². The van der Waals surface area contributed by atoms with Crippen molar-refractivity contribution in [2.24, 2.45) is 0 Å². The topological polar surface area (TPSA) is 81.9 Å². The Kier molecular flexibility index (Phi) is 7.25. The first-order chi connectivity index (χ1) is 11.2. The van der Waals surface area contributed by atoms with Gasteiger partial charge in [-0.3, -0.25) is 15.0 Å². The lowest BCUT2D eigenvalue weighted by Gasteiger charge is -2.34. The second kappa shape index (κ2) is 9.44. The highest BCUT2D eigenvalue weighted by Crippen LogP contribution is 2.22. The van der Waals surface area contributed by atoms with Gasteiger partial charge in [-0.1, -0.05) is 12.1 Å². The van der Waals surface area contributed by atoms with Crippen molar-refractivity contribution in [3.8, 4) is 0 Å². The van der Waals surface area contributed by atoms with E-state index in [1.54, 1.807) is 18.2 Å². The van der Waals surface area contributed by atoms with Crippen LogP contribution in [-0.4, -0.2) is 72.2 Å². The molecular formula is C16H26N4O3. The minimum absolute atomic E-state index is 0.132. The normalized spacial score (nSPS) is 16.4. The molecule has 1 saturated heterocycles. The summed E-state index contributed by atoms with van der Waals surface area (Å²) in [7, 11) is 0. The van der Waals surface area contributed by atoms with Crippen LogP contribution in [0.5, 0.6) is 0 Å². The molecule has 2 rings (SSSR count). The van der Waals surface area contributed by atoms with E-state index in [2.05, 4.69) is 15.1 Å². The van der Waals surface area contributed by atoms with E-state index < -0.39 is 0 Å². The van der Waals surface area contributed by atoms with E-state index in [1.807, 2.05) is 0 Å². The van der Waals surface area contributed by atoms with E-state index in [1.165, 1.54) is 6.07 Å². The predicted molar refractivity (Wildman–Crippen MR) is 90.8 cm³/mol. The van der Waals surface area contributed by atoms with Crippen molar-refractivity contribution in [1.29, 1.82) is 0 Å². The molecule has 7 heteroatoms. The number of nitro benzene ring substituents is 1. The summed E-state index contributed by atoms with van der Waals surface area (Å²) in [6.45, 7) is 6.96. The summed E-state index contributed by atoms with van der Waals surface area (Å²) in [6.07, 6.45) is 2.07. The van der Waals surface area contributed by atoms with Gasteiger partial charge in [0.25, 0.3) is 5.69 Å². The molecule has 0 radical (unpaired) electrons. The zero-order valence-electron chi connectivity index (χ0n) is 13.5. The fourth-order valence-electron chi connectivity index (χ4n) is 2.84. The smallest absolute Gasteiger partial charge is 0.292 e. The van der Waals surface area contributed by atoms with Gasteiger partial charge in [-0.05, 0) is 25.5 Å². The van der Waals surface area contributed by atoms with E-state index in [9.17, 15) is 10.1 Å². The highest BCUT2D eigenvalue weighted by molar-refractivity contribution is 5.60. The van der Waals surface area contributed by atoms with Gasteiger partial charge in [0.05, 0.1) is 11.5 Å². The summed E-state index contributed by atoms with van der Waals surface area (Å²) >= 11 is 0. The van der Waals surface area contributed by atoms with E-state index in [4.69, 9.17) is 5.11 Å². The molecule has 0 spiro atoms. The minimum Gasteiger partial charge on any atom is -0.395 e. The van der Waals surface area contributed by atoms with Crippen molar-refractivity contribution >= 4 is 11.4 Å². The Bertz CT molecular complexity index is 490. The Morgan fingerprint density at radius 2 is 1.74 bits per heavy atom. The summed E-state index contributed by atoms with van der Waals surface area (Å²) in [5.41, 5.74) is 0.725. The number of hydrogen-bond donors (Lipinski definition) is 2. The number of anilines is 1. The third-order valence-corrected chi connectivity index (χ3v) is 4.20. The maximum atomic E-state index is 10.9. The zero-order chi connectivity index (χ0) is 16.5. The summed E-state index contributed by atoms with van der Waals surface area (Å²) < 4.78 is 0. The maximum absolute atomic E-state index is 10.9. The fraction of sp³-hybridized carbons (Fsp3) is 0.625. The van der Waals surface area contributed by atoms with E-state index in [-0.39, 0.29) is 17.2 Å². The molecule has 128 valence electrons. The standard InChI is InChI=1S/C16H26N4O3/c21-14-13-19-11-9-18(10-12-19)8-4-3-7-17-15-5-1-2-6-16(15)20(22)23/h1-2,5-6,17,21H,3-4,7-14H2. The Balaban J connectivity index is 1.61. The molecule has 7 nitrogen and oxygen atoms in total. The van der Waals surface area contributed by atoms with Crippen molar-refractivity contribution in [3.05, 3.63) is 34.4 Å². The molecule has 0 unspecified atom stereocenters. The molecule has 1 aromatic rings. The van der Waals surface area contributed by atoms with E-state index >= 15 is 0 Å². The third kappa shape index (κ3) is 5.78. The summed E-state index contributed by atoms with van der Waals surface area (Å²) in [5.74, 6) is 0. The molecule has 1 aliphatic rings. The molecule has 1 fully saturated rings. The van der Waals surface area contributed by atoms with Crippen LogP contribution in [0.15, 0.2) is 24.3 Å². The first-order valence-electron chi connectivity index (χ1n) is 8.23. The van der Waals surface area contributed by atoms with Gasteiger partial charge in [-0.25, -0.2) is 0 Å². The van der Waals surface area contributed by atoms with Crippen LogP contribution in [0.4, 0.5) is 11.4 Å². The van der Waals surface area contributed by atoms with Crippen LogP contribution in [0.1, 0.15) is 12.8 Å². The number of aliphatic hydroxyl groups excluding tert-OH is 1. The number of benzene rings is 1. The van der Waals surface area contributed by atoms with Crippen LogP contribution in [0, 0.1) is 10.1 Å². The minimum atomic E-state index is -0.353. The second-order valence-corrected chi connectivity index (χ2v) is 5.82. The molecule has 0 aliphatic carbocycles. The molecule has 1 aliphatic heterocycles. The largest absolute Gasteiger partial charge is 0.395 e. The van der Waals surface area contributed by atoms with Crippen LogP contribution in [0.2, 0.25) is 0 Å². The zero-order valence-corrected chi connectivity index (χ0v) is 13.5. The molecule has 0 aromatic heterocycles. The Hall–Kier alpha value is -1.70. The summed E-state index contributed by atoms with van der Waals surface area (Å²) in [6, 6.07) is 6.76. The van der Waals surface area contributed by atoms with Crippen molar-refractivity contribution in [3.63, 3.8) is 0 Å². The lowest BCUT2D eigenvalue weighted by Crippen LogP contribution is -2.47. The van der Waals surface area contributed by atoms with Crippen molar-refractivity contribution < 1.29 is 10.0 Å². The molecule has 0 bridgehead atoms. The second-order valence-electron chi connectivity index (χ2n) is 5.82. The highest BCUT2D eigenvalue weighted by Gasteiger charge is 2.15. The van der Waals surface area contributed by atoms with Crippen LogP contribution < -0.4 is 5.32 Å². The third-order valence-electron chi connectivity index (χ3n) is 4.20. The molecular weight excluding hydrogens is 296 g/mol. The predicted octanol–water partition coefficient (Wildman–Crippen LogP) is 1.40. The number of unbranched alkanes of at least 4 members (excludes halogenated alkanes) is 1. The number of aliphatic hydroxyl groups is 1. The van der Waals surface area contributed by atoms with Gasteiger partial charge in [0.1, 0.15) is 5.69 Å². The first-order valence-corrected chi connectivity index (χ1v) is 8.23. The molecule has 2 N–H and O–H groups in total. The van der Waals surface area contributed by atoms with Gasteiger partial charge in [0, 0.05) is 45.3 Å². The maximum Gasteiger partial charge on any atom is 0.292 e. The Labute approximate surface area is 137 Å². The highest BCUT2D eigenvalue weighted by atomic mass is 16.6. The van der Waals surface area contributed by atoms with Crippen molar-refractivity contribution in [1.82, 2.24) is 9.80 Å². The van der Waals surface area contributed by atoms with Crippen molar-refractivity contribution in [2.75, 3.05) is 57.7 Å². The van der Waals surface area contributed by atoms with Gasteiger partial charge in [0.15, 0.2) is 0 Å². The SMILES string of the molecule is O=[N+]([O-])c1ccccc1NCCCCN1CCN(CCO)CC1. The number of hydrogen-bond acceptors (Lipinski definition) is 6. The monoisotopic (exact) mass is 322 g/mol. The van der Waals surface area contributed by atoms with E-state index in [0.29, 0.717) is 5.69 Å². The van der Waals surface area contributed by atoms with Crippen LogP contribution in [0.3, 0.4) is 0 Å². The average Bonchev–Trinajstić information content (AvgIpc) is 2.56. The van der Waals surface area contributed by atoms with Gasteiger partial charge in [-0.2, -0.15) is 0 Å². The number of piperazine rings is 1. The Morgan fingerprint density at radius 1 is 1.09 bits per heavy atom. The lowest BCUT2D eigenvalue weighted by atomic mass is 10.2. The van der Waals surface area contributed by atoms with Gasteiger partial charge < -0.3 is 15.3 Å². The fourth-order valence-corrected chi connectivity index (χ4v) is 2.84. The number of nitrogens with one attached hydrogen (secondary N) is 1. The molecule has 1 heterocycles. The molecule has 23 heavy (non-hydrogen) atoms. The average molecular weight is 322 g/mol. The number of nitro groups is 1. The molecule has 1 aromatic carbocycles. The number of para-hydroxylation sites is 2. The number of nitrogens with zero attached hydrogens (tertiary/aromatic N) is 3. The molecule has 0 amide bonds. The van der Waals surface area contributed by atoms with Crippen molar-refractivity contribution in [2.45, 2.75) is 12.8 Å². The van der Waals surface area contributed by atoms with Crippen LogP contribution in [-0.2, 0) is 0 Å². The molecule has 0 saturated carbocycles. The van der Waals surface area contributed by atoms with E-state index in [0.717, 1.165) is 58.7 Å². The van der Waals surface area contributed by atoms with Gasteiger partial charge >= 0.3 is 0 Å². The van der Waals surface area contributed by atoms with Crippen LogP contribution >= 0.6 is 0 Å². The number of β-amino-alcohol motifs (C(OH)–C–C–N with tert-alkyl or cyclic N) is 1. The lowest BCUT2D eigenvalue weighted by molar-refractivity contribution is -0.384. The van der Waals surface area contributed by atoms with Gasteiger partial charge in [0.2, 0.25) is 0 Å².